The molecule has 1 amide bonds. The van der Waals surface area contributed by atoms with Gasteiger partial charge in [0, 0.05) is 5.56 Å². The first-order valence-corrected chi connectivity index (χ1v) is 9.86. The van der Waals surface area contributed by atoms with Crippen molar-refractivity contribution in [3.63, 3.8) is 0 Å². The predicted octanol–water partition coefficient (Wildman–Crippen LogP) is 1.84. The van der Waals surface area contributed by atoms with E-state index in [0.29, 0.717) is 5.56 Å². The van der Waals surface area contributed by atoms with E-state index in [9.17, 15) is 33.3 Å². The van der Waals surface area contributed by atoms with Crippen LogP contribution in [0.4, 0.5) is 13.2 Å². The summed E-state index contributed by atoms with van der Waals surface area (Å²) in [5.74, 6) is -2.09. The average Bonchev–Trinajstić information content (AvgIpc) is 2.72. The first-order valence-electron chi connectivity index (χ1n) is 9.86. The van der Waals surface area contributed by atoms with E-state index in [0.717, 1.165) is 16.7 Å². The second-order valence-corrected chi connectivity index (χ2v) is 7.64. The van der Waals surface area contributed by atoms with Gasteiger partial charge in [-0.15, -0.1) is 0 Å². The van der Waals surface area contributed by atoms with Crippen molar-refractivity contribution in [2.24, 2.45) is 0 Å². The van der Waals surface area contributed by atoms with E-state index in [-0.39, 0.29) is 5.75 Å². The first-order chi connectivity index (χ1) is 15.0. The molecule has 2 aromatic rings. The van der Waals surface area contributed by atoms with E-state index in [4.69, 9.17) is 9.47 Å². The number of nitrogens with one attached hydrogen (secondary N) is 1. The summed E-state index contributed by atoms with van der Waals surface area (Å²) in [4.78, 5) is 11.5. The Morgan fingerprint density at radius 2 is 1.81 bits per heavy atom. The molecule has 1 saturated heterocycles. The standard InChI is InChI=1S/C22H24F3NO6/c1-11-5-3-7-13(9-11)16-12(2)6-4-8-14(16)31-20-17(26-21(30)22(23,24)25)19(29)18(28)15(10-27)32-20/h3-9,15,17-20,27-29H,10H2,1-2H3,(H,26,30)/t15?,17?,18-,19+,20+/m0/s1. The van der Waals surface area contributed by atoms with E-state index in [2.05, 4.69) is 0 Å². The normalized spacial score (nSPS) is 25.9. The average molecular weight is 455 g/mol. The van der Waals surface area contributed by atoms with Gasteiger partial charge in [0.1, 0.15) is 30.1 Å². The third-order valence-corrected chi connectivity index (χ3v) is 5.22. The van der Waals surface area contributed by atoms with Crippen LogP contribution in [0.5, 0.6) is 5.75 Å². The minimum Gasteiger partial charge on any atom is -0.462 e. The summed E-state index contributed by atoms with van der Waals surface area (Å²) in [5, 5.41) is 31.5. The van der Waals surface area contributed by atoms with Crippen LogP contribution >= 0.6 is 0 Å². The Morgan fingerprint density at radius 1 is 1.12 bits per heavy atom. The topological polar surface area (TPSA) is 108 Å². The Hall–Kier alpha value is -2.66. The van der Waals surface area contributed by atoms with Gasteiger partial charge in [-0.1, -0.05) is 42.0 Å². The van der Waals surface area contributed by atoms with Crippen molar-refractivity contribution in [3.8, 4) is 16.9 Å². The zero-order chi connectivity index (χ0) is 23.6. The summed E-state index contributed by atoms with van der Waals surface area (Å²) < 4.78 is 49.8. The van der Waals surface area contributed by atoms with Gasteiger partial charge in [0.2, 0.25) is 6.29 Å². The summed E-state index contributed by atoms with van der Waals surface area (Å²) in [7, 11) is 0. The monoisotopic (exact) mass is 455 g/mol. The molecule has 5 atom stereocenters. The van der Waals surface area contributed by atoms with Crippen LogP contribution in [0.25, 0.3) is 11.1 Å². The van der Waals surface area contributed by atoms with Gasteiger partial charge in [-0.2, -0.15) is 13.2 Å². The number of halogens is 3. The van der Waals surface area contributed by atoms with Crippen LogP contribution in [0.1, 0.15) is 11.1 Å². The highest BCUT2D eigenvalue weighted by molar-refractivity contribution is 5.82. The van der Waals surface area contributed by atoms with Gasteiger partial charge in [0.25, 0.3) is 0 Å². The number of carbonyl (C=O) groups is 1. The summed E-state index contributed by atoms with van der Waals surface area (Å²) >= 11 is 0. The molecule has 174 valence electrons. The van der Waals surface area contributed by atoms with Crippen molar-refractivity contribution < 1.29 is 42.8 Å². The fourth-order valence-electron chi connectivity index (χ4n) is 3.60. The predicted molar refractivity (Wildman–Crippen MR) is 108 cm³/mol. The number of alkyl halides is 3. The Bertz CT molecular complexity index is 967. The second-order valence-electron chi connectivity index (χ2n) is 7.64. The van der Waals surface area contributed by atoms with Crippen LogP contribution in [0, 0.1) is 13.8 Å². The zero-order valence-electron chi connectivity index (χ0n) is 17.3. The molecule has 4 N–H and O–H groups in total. The van der Waals surface area contributed by atoms with E-state index in [1.54, 1.807) is 17.4 Å². The quantitative estimate of drug-likeness (QED) is 0.548. The number of aliphatic hydroxyl groups excluding tert-OH is 3. The van der Waals surface area contributed by atoms with Gasteiger partial charge in [0.05, 0.1) is 6.61 Å². The number of aliphatic hydroxyl groups is 3. The minimum absolute atomic E-state index is 0.229. The van der Waals surface area contributed by atoms with Crippen molar-refractivity contribution in [3.05, 3.63) is 53.6 Å². The molecule has 7 nitrogen and oxygen atoms in total. The lowest BCUT2D eigenvalue weighted by Gasteiger charge is -2.42. The Morgan fingerprint density at radius 3 is 2.44 bits per heavy atom. The van der Waals surface area contributed by atoms with E-state index >= 15 is 0 Å². The van der Waals surface area contributed by atoms with E-state index < -0.39 is 49.3 Å². The lowest BCUT2D eigenvalue weighted by Crippen LogP contribution is -2.66. The van der Waals surface area contributed by atoms with Crippen molar-refractivity contribution >= 4 is 5.91 Å². The molecule has 1 fully saturated rings. The summed E-state index contributed by atoms with van der Waals surface area (Å²) in [6.45, 7) is 3.00. The maximum atomic E-state index is 12.8. The van der Waals surface area contributed by atoms with Crippen LogP contribution < -0.4 is 10.1 Å². The Balaban J connectivity index is 1.99. The SMILES string of the molecule is Cc1cccc(-c2c(C)cccc2O[C@@H]2OC(CO)[C@H](O)[C@H](O)C2NC(=O)C(F)(F)F)c1. The molecule has 32 heavy (non-hydrogen) atoms. The third kappa shape index (κ3) is 5.04. The molecule has 0 bridgehead atoms. The lowest BCUT2D eigenvalue weighted by atomic mass is 9.96. The molecule has 0 spiro atoms. The number of amides is 1. The molecule has 10 heteroatoms. The maximum absolute atomic E-state index is 12.8. The zero-order valence-corrected chi connectivity index (χ0v) is 17.3. The largest absolute Gasteiger partial charge is 0.471 e. The number of ether oxygens (including phenoxy) is 2. The molecule has 0 radical (unpaired) electrons. The molecule has 3 rings (SSSR count). The van der Waals surface area contributed by atoms with Gasteiger partial charge in [0.15, 0.2) is 0 Å². The summed E-state index contributed by atoms with van der Waals surface area (Å²) in [6.07, 6.45) is -11.8. The number of benzene rings is 2. The van der Waals surface area contributed by atoms with Gasteiger partial charge < -0.3 is 30.1 Å². The van der Waals surface area contributed by atoms with Crippen molar-refractivity contribution in [2.45, 2.75) is 50.7 Å². The molecule has 2 unspecified atom stereocenters. The van der Waals surface area contributed by atoms with Gasteiger partial charge in [-0.3, -0.25) is 4.79 Å². The highest BCUT2D eigenvalue weighted by Gasteiger charge is 2.49. The van der Waals surface area contributed by atoms with E-state index in [1.807, 2.05) is 44.2 Å². The fraction of sp³-hybridized carbons (Fsp3) is 0.409. The molecule has 0 aliphatic carbocycles. The lowest BCUT2D eigenvalue weighted by molar-refractivity contribution is -0.247. The fourth-order valence-corrected chi connectivity index (χ4v) is 3.60. The van der Waals surface area contributed by atoms with Crippen LogP contribution in [0.3, 0.4) is 0 Å². The Kier molecular flexibility index (Phi) is 7.09. The molecular formula is C22H24F3NO6. The van der Waals surface area contributed by atoms with Gasteiger partial charge >= 0.3 is 12.1 Å². The number of hydrogen-bond donors (Lipinski definition) is 4. The molecule has 1 aliphatic rings. The minimum atomic E-state index is -5.22. The van der Waals surface area contributed by atoms with Crippen LogP contribution in [0.2, 0.25) is 0 Å². The first kappa shape index (κ1) is 24.0. The van der Waals surface area contributed by atoms with Crippen molar-refractivity contribution in [2.75, 3.05) is 6.61 Å². The second kappa shape index (κ2) is 9.45. The number of hydrogen-bond acceptors (Lipinski definition) is 6. The highest BCUT2D eigenvalue weighted by Crippen LogP contribution is 2.36. The number of carbonyl (C=O) groups excluding carboxylic acids is 1. The molecule has 2 aromatic carbocycles. The van der Waals surface area contributed by atoms with Crippen molar-refractivity contribution in [1.29, 1.82) is 0 Å². The number of rotatable bonds is 5. The maximum Gasteiger partial charge on any atom is 0.471 e. The third-order valence-electron chi connectivity index (χ3n) is 5.22. The molecule has 0 aromatic heterocycles. The smallest absolute Gasteiger partial charge is 0.462 e. The Labute approximate surface area is 182 Å². The molecule has 0 saturated carbocycles. The number of aryl methyl sites for hydroxylation is 2. The molecule has 1 heterocycles. The highest BCUT2D eigenvalue weighted by atomic mass is 19.4. The van der Waals surface area contributed by atoms with Gasteiger partial charge in [-0.05, 0) is 31.0 Å². The van der Waals surface area contributed by atoms with Crippen LogP contribution in [-0.2, 0) is 9.53 Å². The molecular weight excluding hydrogens is 431 g/mol. The van der Waals surface area contributed by atoms with Crippen molar-refractivity contribution in [1.82, 2.24) is 5.32 Å². The molecule has 1 aliphatic heterocycles. The summed E-state index contributed by atoms with van der Waals surface area (Å²) in [6, 6.07) is 10.8. The van der Waals surface area contributed by atoms with Gasteiger partial charge in [-0.25, -0.2) is 0 Å². The van der Waals surface area contributed by atoms with E-state index in [1.165, 1.54) is 0 Å². The van der Waals surface area contributed by atoms with Crippen LogP contribution in [0.15, 0.2) is 42.5 Å². The van der Waals surface area contributed by atoms with Crippen LogP contribution in [-0.4, -0.2) is 64.7 Å². The summed E-state index contributed by atoms with van der Waals surface area (Å²) in [5.41, 5.74) is 3.20.